The number of aromatic nitrogens is 3. The van der Waals surface area contributed by atoms with Crippen molar-refractivity contribution in [1.82, 2.24) is 20.4 Å². The molecule has 0 aliphatic heterocycles. The molecule has 7 nitrogen and oxygen atoms in total. The summed E-state index contributed by atoms with van der Waals surface area (Å²) in [5, 5.41) is 8.22. The highest BCUT2D eigenvalue weighted by Gasteiger charge is 2.09. The van der Waals surface area contributed by atoms with Crippen LogP contribution in [0, 0.1) is 13.8 Å². The van der Waals surface area contributed by atoms with Gasteiger partial charge < -0.3 is 4.74 Å². The summed E-state index contributed by atoms with van der Waals surface area (Å²) < 4.78 is 7.27. The van der Waals surface area contributed by atoms with Crippen molar-refractivity contribution in [3.8, 4) is 5.75 Å². The molecule has 2 aromatic rings. The lowest BCUT2D eigenvalue weighted by atomic mass is 10.1. The number of ether oxygens (including phenoxy) is 1. The summed E-state index contributed by atoms with van der Waals surface area (Å²) in [5.41, 5.74) is 4.11. The molecule has 0 aliphatic rings. The topological polar surface area (TPSA) is 95.1 Å². The van der Waals surface area contributed by atoms with Crippen LogP contribution in [0.25, 0.3) is 0 Å². The molecule has 2 rings (SSSR count). The zero-order valence-electron chi connectivity index (χ0n) is 11.8. The maximum atomic E-state index is 11.2. The van der Waals surface area contributed by atoms with Crippen LogP contribution in [0.5, 0.6) is 5.75 Å². The van der Waals surface area contributed by atoms with Gasteiger partial charge in [0, 0.05) is 5.02 Å². The van der Waals surface area contributed by atoms with Crippen molar-refractivity contribution in [3.05, 3.63) is 40.2 Å². The Morgan fingerprint density at radius 1 is 1.43 bits per heavy atom. The first-order chi connectivity index (χ1) is 10.0. The molecule has 3 N–H and O–H groups in total. The van der Waals surface area contributed by atoms with Crippen LogP contribution in [0.1, 0.15) is 21.6 Å². The molecule has 1 aromatic carbocycles. The molecule has 0 fully saturated rings. The smallest absolute Gasteiger partial charge is 0.287 e. The molecule has 0 atom stereocenters. The number of carbonyl (C=O) groups excluding carboxylic acids is 1. The van der Waals surface area contributed by atoms with E-state index in [9.17, 15) is 4.79 Å². The van der Waals surface area contributed by atoms with E-state index < -0.39 is 5.91 Å². The van der Waals surface area contributed by atoms with Gasteiger partial charge in [-0.25, -0.2) is 10.5 Å². The van der Waals surface area contributed by atoms with Crippen molar-refractivity contribution in [2.45, 2.75) is 20.4 Å². The molecule has 1 aromatic heterocycles. The van der Waals surface area contributed by atoms with E-state index in [1.807, 2.05) is 31.4 Å². The molecule has 0 aliphatic carbocycles. The van der Waals surface area contributed by atoms with Gasteiger partial charge in [0.15, 0.2) is 5.69 Å². The number of hydrogen-bond donors (Lipinski definition) is 2. The number of halogens is 1. The van der Waals surface area contributed by atoms with Crippen molar-refractivity contribution in [3.63, 3.8) is 0 Å². The minimum atomic E-state index is -0.480. The number of benzene rings is 1. The summed E-state index contributed by atoms with van der Waals surface area (Å²) in [6, 6.07) is 3.70. The number of nitrogens with one attached hydrogen (secondary N) is 1. The summed E-state index contributed by atoms with van der Waals surface area (Å²) in [5.74, 6) is 5.35. The van der Waals surface area contributed by atoms with Gasteiger partial charge in [-0.3, -0.25) is 10.2 Å². The van der Waals surface area contributed by atoms with E-state index in [-0.39, 0.29) is 5.69 Å². The number of amides is 1. The van der Waals surface area contributed by atoms with E-state index >= 15 is 0 Å². The van der Waals surface area contributed by atoms with Gasteiger partial charge in [0.2, 0.25) is 0 Å². The SMILES string of the molecule is Cc1cc(Cl)cc(C)c1OCCn1cc(C(=O)NN)nn1. The largest absolute Gasteiger partial charge is 0.491 e. The third kappa shape index (κ3) is 3.71. The number of nitrogens with zero attached hydrogens (tertiary/aromatic N) is 3. The highest BCUT2D eigenvalue weighted by molar-refractivity contribution is 6.30. The normalized spacial score (nSPS) is 10.5. The predicted octanol–water partition coefficient (Wildman–Crippen LogP) is 1.23. The molecular weight excluding hydrogens is 294 g/mol. The zero-order valence-corrected chi connectivity index (χ0v) is 12.5. The predicted molar refractivity (Wildman–Crippen MR) is 78.1 cm³/mol. The number of aryl methyl sites for hydroxylation is 2. The van der Waals surface area contributed by atoms with Crippen LogP contribution < -0.4 is 16.0 Å². The Labute approximate surface area is 127 Å². The van der Waals surface area contributed by atoms with E-state index in [2.05, 4.69) is 10.3 Å². The Hall–Kier alpha value is -2.12. The molecule has 1 amide bonds. The fourth-order valence-electron chi connectivity index (χ4n) is 1.95. The van der Waals surface area contributed by atoms with Crippen molar-refractivity contribution >= 4 is 17.5 Å². The van der Waals surface area contributed by atoms with Crippen LogP contribution in [0.4, 0.5) is 0 Å². The first-order valence-corrected chi connectivity index (χ1v) is 6.69. The first kappa shape index (κ1) is 15.3. The summed E-state index contributed by atoms with van der Waals surface area (Å²) >= 11 is 5.97. The van der Waals surface area contributed by atoms with Crippen molar-refractivity contribution in [2.24, 2.45) is 5.84 Å². The third-order valence-corrected chi connectivity index (χ3v) is 3.11. The molecular formula is C13H16ClN5O2. The zero-order chi connectivity index (χ0) is 15.4. The monoisotopic (exact) mass is 309 g/mol. The maximum absolute atomic E-state index is 11.2. The Balaban J connectivity index is 1.96. The number of hydrogen-bond acceptors (Lipinski definition) is 5. The van der Waals surface area contributed by atoms with Gasteiger partial charge >= 0.3 is 0 Å². The molecule has 0 saturated heterocycles. The fourth-order valence-corrected chi connectivity index (χ4v) is 2.28. The molecule has 21 heavy (non-hydrogen) atoms. The molecule has 112 valence electrons. The first-order valence-electron chi connectivity index (χ1n) is 6.32. The summed E-state index contributed by atoms with van der Waals surface area (Å²) in [6.45, 7) is 4.74. The molecule has 8 heteroatoms. The fraction of sp³-hybridized carbons (Fsp3) is 0.308. The van der Waals surface area contributed by atoms with Crippen LogP contribution in [-0.4, -0.2) is 27.5 Å². The van der Waals surface area contributed by atoms with Crippen LogP contribution in [0.3, 0.4) is 0 Å². The maximum Gasteiger partial charge on any atom is 0.287 e. The Bertz CT molecular complexity index is 633. The lowest BCUT2D eigenvalue weighted by Gasteiger charge is -2.12. The standard InChI is InChI=1S/C13H16ClN5O2/c1-8-5-10(14)6-9(2)12(8)21-4-3-19-7-11(17-18-19)13(20)16-15/h5-7H,3-4,15H2,1-2H3,(H,16,20). The molecule has 0 spiro atoms. The minimum Gasteiger partial charge on any atom is -0.491 e. The molecule has 0 unspecified atom stereocenters. The van der Waals surface area contributed by atoms with Crippen LogP contribution in [-0.2, 0) is 6.54 Å². The van der Waals surface area contributed by atoms with E-state index in [1.165, 1.54) is 10.9 Å². The molecule has 0 radical (unpaired) electrons. The second-order valence-corrected chi connectivity index (χ2v) is 4.99. The van der Waals surface area contributed by atoms with Crippen LogP contribution in [0.2, 0.25) is 5.02 Å². The number of hydrazine groups is 1. The van der Waals surface area contributed by atoms with Crippen molar-refractivity contribution in [2.75, 3.05) is 6.61 Å². The van der Waals surface area contributed by atoms with Gasteiger partial charge in [0.1, 0.15) is 12.4 Å². The summed E-state index contributed by atoms with van der Waals surface area (Å²) in [6.07, 6.45) is 1.51. The molecule has 0 saturated carbocycles. The average Bonchev–Trinajstić information content (AvgIpc) is 2.89. The minimum absolute atomic E-state index is 0.163. The number of rotatable bonds is 5. The Morgan fingerprint density at radius 2 is 2.10 bits per heavy atom. The molecule has 0 bridgehead atoms. The Kier molecular flexibility index (Phi) is 4.77. The summed E-state index contributed by atoms with van der Waals surface area (Å²) in [4.78, 5) is 11.2. The highest BCUT2D eigenvalue weighted by atomic mass is 35.5. The van der Waals surface area contributed by atoms with Crippen molar-refractivity contribution in [1.29, 1.82) is 0 Å². The quantitative estimate of drug-likeness (QED) is 0.492. The molecule has 1 heterocycles. The lowest BCUT2D eigenvalue weighted by Crippen LogP contribution is -2.30. The number of nitrogens with two attached hydrogens (primary N) is 1. The second-order valence-electron chi connectivity index (χ2n) is 4.56. The van der Waals surface area contributed by atoms with Crippen LogP contribution >= 0.6 is 11.6 Å². The van der Waals surface area contributed by atoms with E-state index in [0.29, 0.717) is 18.2 Å². The second kappa shape index (κ2) is 6.55. The highest BCUT2D eigenvalue weighted by Crippen LogP contribution is 2.26. The van der Waals surface area contributed by atoms with Crippen molar-refractivity contribution < 1.29 is 9.53 Å². The van der Waals surface area contributed by atoms with E-state index in [0.717, 1.165) is 16.9 Å². The Morgan fingerprint density at radius 3 is 2.71 bits per heavy atom. The summed E-state index contributed by atoms with van der Waals surface area (Å²) in [7, 11) is 0. The van der Waals surface area contributed by atoms with Gasteiger partial charge in [-0.1, -0.05) is 16.8 Å². The van der Waals surface area contributed by atoms with E-state index in [4.69, 9.17) is 22.2 Å². The third-order valence-electron chi connectivity index (χ3n) is 2.89. The van der Waals surface area contributed by atoms with Gasteiger partial charge in [-0.2, -0.15) is 0 Å². The van der Waals surface area contributed by atoms with Crippen LogP contribution in [0.15, 0.2) is 18.3 Å². The van der Waals surface area contributed by atoms with Gasteiger partial charge in [0.05, 0.1) is 12.7 Å². The average molecular weight is 310 g/mol. The van der Waals surface area contributed by atoms with Gasteiger partial charge in [-0.15, -0.1) is 5.10 Å². The van der Waals surface area contributed by atoms with E-state index in [1.54, 1.807) is 0 Å². The van der Waals surface area contributed by atoms with Gasteiger partial charge in [0.25, 0.3) is 5.91 Å². The number of carbonyl (C=O) groups is 1. The lowest BCUT2D eigenvalue weighted by molar-refractivity contribution is 0.0948. The number of nitrogen functional groups attached to an aromatic ring is 1. The van der Waals surface area contributed by atoms with Gasteiger partial charge in [-0.05, 0) is 37.1 Å².